The molecule has 0 amide bonds. The lowest BCUT2D eigenvalue weighted by atomic mass is 10.0. The SMILES string of the molecule is Cl.Cl.FC[C@H](c1cc(F)cc(F)c1F)N1CCNCC1. The van der Waals surface area contributed by atoms with Crippen LogP contribution in [0.2, 0.25) is 0 Å². The number of halogens is 6. The molecule has 1 saturated heterocycles. The van der Waals surface area contributed by atoms with E-state index in [1.165, 1.54) is 0 Å². The molecule has 2 rings (SSSR count). The van der Waals surface area contributed by atoms with Gasteiger partial charge in [0, 0.05) is 37.8 Å². The minimum absolute atomic E-state index is 0. The maximum Gasteiger partial charge on any atom is 0.163 e. The Bertz CT molecular complexity index is 428. The molecule has 1 N–H and O–H groups in total. The fraction of sp³-hybridized carbons (Fsp3) is 0.500. The average molecular weight is 335 g/mol. The van der Waals surface area contributed by atoms with Crippen molar-refractivity contribution in [3.8, 4) is 0 Å². The normalized spacial score (nSPS) is 17.0. The molecule has 0 unspecified atom stereocenters. The Balaban J connectivity index is 0.00000180. The average Bonchev–Trinajstić information content (AvgIpc) is 2.37. The van der Waals surface area contributed by atoms with Gasteiger partial charge in [0.05, 0.1) is 6.04 Å². The lowest BCUT2D eigenvalue weighted by Crippen LogP contribution is -2.46. The Kier molecular flexibility index (Phi) is 8.42. The first-order chi connectivity index (χ1) is 8.63. The van der Waals surface area contributed by atoms with Gasteiger partial charge in [-0.3, -0.25) is 4.90 Å². The molecule has 0 saturated carbocycles. The van der Waals surface area contributed by atoms with Gasteiger partial charge in [0.1, 0.15) is 12.5 Å². The molecule has 116 valence electrons. The number of hydrogen-bond donors (Lipinski definition) is 1. The summed E-state index contributed by atoms with van der Waals surface area (Å²) in [6, 6.07) is 0.397. The van der Waals surface area contributed by atoms with Gasteiger partial charge in [-0.05, 0) is 6.07 Å². The summed E-state index contributed by atoms with van der Waals surface area (Å²) in [5.41, 5.74) is -0.253. The number of nitrogens with one attached hydrogen (secondary N) is 1. The van der Waals surface area contributed by atoms with Crippen molar-refractivity contribution >= 4 is 24.8 Å². The summed E-state index contributed by atoms with van der Waals surface area (Å²) in [5, 5.41) is 3.08. The highest BCUT2D eigenvalue weighted by molar-refractivity contribution is 5.85. The van der Waals surface area contributed by atoms with Crippen LogP contribution >= 0.6 is 24.8 Å². The van der Waals surface area contributed by atoms with Gasteiger partial charge in [0.2, 0.25) is 0 Å². The van der Waals surface area contributed by atoms with Gasteiger partial charge in [0.15, 0.2) is 11.6 Å². The summed E-state index contributed by atoms with van der Waals surface area (Å²) in [7, 11) is 0. The van der Waals surface area contributed by atoms with Gasteiger partial charge in [0.25, 0.3) is 0 Å². The largest absolute Gasteiger partial charge is 0.314 e. The molecule has 1 aliphatic rings. The number of alkyl halides is 1. The molecule has 1 aromatic carbocycles. The molecule has 8 heteroatoms. The Morgan fingerprint density at radius 3 is 2.25 bits per heavy atom. The third kappa shape index (κ3) is 4.22. The fourth-order valence-electron chi connectivity index (χ4n) is 2.19. The van der Waals surface area contributed by atoms with Crippen molar-refractivity contribution in [2.45, 2.75) is 6.04 Å². The summed E-state index contributed by atoms with van der Waals surface area (Å²) < 4.78 is 53.0. The van der Waals surface area contributed by atoms with Gasteiger partial charge in [-0.1, -0.05) is 0 Å². The van der Waals surface area contributed by atoms with E-state index in [0.717, 1.165) is 6.07 Å². The molecule has 0 radical (unpaired) electrons. The molecule has 1 aromatic rings. The van der Waals surface area contributed by atoms with Gasteiger partial charge < -0.3 is 5.32 Å². The molecule has 0 bridgehead atoms. The van der Waals surface area contributed by atoms with Crippen LogP contribution in [0.25, 0.3) is 0 Å². The standard InChI is InChI=1S/C12H14F4N2.2ClH/c13-7-11(18-3-1-17-2-4-18)9-5-8(14)6-10(15)12(9)16;;/h5-6,11,17H,1-4,7H2;2*1H/t11-;;/m1../s1. The summed E-state index contributed by atoms with van der Waals surface area (Å²) in [6.07, 6.45) is 0. The van der Waals surface area contributed by atoms with E-state index >= 15 is 0 Å². The molecule has 0 aliphatic carbocycles. The maximum absolute atomic E-state index is 13.6. The highest BCUT2D eigenvalue weighted by atomic mass is 35.5. The van der Waals surface area contributed by atoms with Crippen molar-refractivity contribution in [1.82, 2.24) is 10.2 Å². The topological polar surface area (TPSA) is 15.3 Å². The lowest BCUT2D eigenvalue weighted by molar-refractivity contribution is 0.143. The zero-order valence-corrected chi connectivity index (χ0v) is 12.2. The predicted octanol–water partition coefficient (Wildman–Crippen LogP) is 2.86. The van der Waals surface area contributed by atoms with E-state index in [-0.39, 0.29) is 30.4 Å². The first kappa shape index (κ1) is 19.4. The van der Waals surface area contributed by atoms with Crippen LogP contribution in [0.1, 0.15) is 11.6 Å². The van der Waals surface area contributed by atoms with Crippen LogP contribution < -0.4 is 5.32 Å². The first-order valence-corrected chi connectivity index (χ1v) is 5.78. The van der Waals surface area contributed by atoms with Gasteiger partial charge in [-0.15, -0.1) is 24.8 Å². The Hall–Kier alpha value is -0.560. The third-order valence-corrected chi connectivity index (χ3v) is 3.12. The van der Waals surface area contributed by atoms with Crippen LogP contribution in [0, 0.1) is 17.5 Å². The van der Waals surface area contributed by atoms with Crippen LogP contribution in [0.15, 0.2) is 12.1 Å². The monoisotopic (exact) mass is 334 g/mol. The highest BCUT2D eigenvalue weighted by Gasteiger charge is 2.26. The molecule has 1 heterocycles. The number of benzene rings is 1. The zero-order valence-electron chi connectivity index (χ0n) is 10.5. The van der Waals surface area contributed by atoms with Crippen molar-refractivity contribution in [1.29, 1.82) is 0 Å². The molecular formula is C12H16Cl2F4N2. The lowest BCUT2D eigenvalue weighted by Gasteiger charge is -2.33. The number of rotatable bonds is 3. The molecule has 1 atom stereocenters. The Morgan fingerprint density at radius 1 is 1.10 bits per heavy atom. The van der Waals surface area contributed by atoms with Gasteiger partial charge >= 0.3 is 0 Å². The first-order valence-electron chi connectivity index (χ1n) is 5.78. The van der Waals surface area contributed by atoms with E-state index in [2.05, 4.69) is 5.32 Å². The second-order valence-electron chi connectivity index (χ2n) is 4.25. The fourth-order valence-corrected chi connectivity index (χ4v) is 2.19. The van der Waals surface area contributed by atoms with E-state index in [1.807, 2.05) is 0 Å². The van der Waals surface area contributed by atoms with E-state index in [1.54, 1.807) is 4.90 Å². The van der Waals surface area contributed by atoms with Crippen molar-refractivity contribution in [3.63, 3.8) is 0 Å². The molecule has 0 spiro atoms. The second-order valence-corrected chi connectivity index (χ2v) is 4.25. The maximum atomic E-state index is 13.6. The van der Waals surface area contributed by atoms with Crippen LogP contribution in [0.3, 0.4) is 0 Å². The van der Waals surface area contributed by atoms with Crippen LogP contribution in [0.5, 0.6) is 0 Å². The van der Waals surface area contributed by atoms with Crippen LogP contribution in [0.4, 0.5) is 17.6 Å². The molecule has 1 aliphatic heterocycles. The van der Waals surface area contributed by atoms with E-state index in [4.69, 9.17) is 0 Å². The Labute approximate surface area is 127 Å². The zero-order chi connectivity index (χ0) is 13.1. The molecule has 20 heavy (non-hydrogen) atoms. The summed E-state index contributed by atoms with van der Waals surface area (Å²) in [4.78, 5) is 1.69. The van der Waals surface area contributed by atoms with Gasteiger partial charge in [-0.2, -0.15) is 0 Å². The highest BCUT2D eigenvalue weighted by Crippen LogP contribution is 2.26. The minimum atomic E-state index is -1.28. The van der Waals surface area contributed by atoms with E-state index < -0.39 is 30.2 Å². The molecule has 0 aromatic heterocycles. The van der Waals surface area contributed by atoms with E-state index in [9.17, 15) is 17.6 Å². The minimum Gasteiger partial charge on any atom is -0.314 e. The molecule has 2 nitrogen and oxygen atoms in total. The molecular weight excluding hydrogens is 319 g/mol. The van der Waals surface area contributed by atoms with E-state index in [0.29, 0.717) is 32.2 Å². The van der Waals surface area contributed by atoms with Crippen molar-refractivity contribution in [2.75, 3.05) is 32.9 Å². The van der Waals surface area contributed by atoms with Crippen LogP contribution in [-0.2, 0) is 0 Å². The van der Waals surface area contributed by atoms with Crippen molar-refractivity contribution < 1.29 is 17.6 Å². The van der Waals surface area contributed by atoms with Crippen molar-refractivity contribution in [2.24, 2.45) is 0 Å². The van der Waals surface area contributed by atoms with Crippen LogP contribution in [-0.4, -0.2) is 37.8 Å². The molecule has 1 fully saturated rings. The van der Waals surface area contributed by atoms with Gasteiger partial charge in [-0.25, -0.2) is 17.6 Å². The summed E-state index contributed by atoms with van der Waals surface area (Å²) in [5.74, 6) is -3.34. The summed E-state index contributed by atoms with van der Waals surface area (Å²) >= 11 is 0. The third-order valence-electron chi connectivity index (χ3n) is 3.12. The second kappa shape index (κ2) is 8.67. The summed E-state index contributed by atoms with van der Waals surface area (Å²) in [6.45, 7) is 1.46. The number of nitrogens with zero attached hydrogens (tertiary/aromatic N) is 1. The predicted molar refractivity (Wildman–Crippen MR) is 74.0 cm³/mol. The number of piperazine rings is 1. The number of hydrogen-bond acceptors (Lipinski definition) is 2. The smallest absolute Gasteiger partial charge is 0.163 e. The Morgan fingerprint density at radius 2 is 1.70 bits per heavy atom. The quantitative estimate of drug-likeness (QED) is 0.675. The van der Waals surface area contributed by atoms with Crippen molar-refractivity contribution in [3.05, 3.63) is 35.1 Å².